The summed E-state index contributed by atoms with van der Waals surface area (Å²) in [5.41, 5.74) is 0.809. The van der Waals surface area contributed by atoms with E-state index >= 15 is 0 Å². The Hall–Kier alpha value is -2.33. The summed E-state index contributed by atoms with van der Waals surface area (Å²) in [4.78, 5) is 12.6. The highest BCUT2D eigenvalue weighted by atomic mass is 16.5. The molecule has 0 aromatic heterocycles. The number of aliphatic hydroxyl groups excluding tert-OH is 1. The lowest BCUT2D eigenvalue weighted by molar-refractivity contribution is -0.129. The lowest BCUT2D eigenvalue weighted by Gasteiger charge is -2.21. The van der Waals surface area contributed by atoms with Gasteiger partial charge in [-0.05, 0) is 31.9 Å². The van der Waals surface area contributed by atoms with Crippen molar-refractivity contribution in [1.29, 1.82) is 0 Å². The average Bonchev–Trinajstić information content (AvgIpc) is 2.59. The lowest BCUT2D eigenvalue weighted by Crippen LogP contribution is -2.38. The molecule has 122 valence electrons. The number of ether oxygens (including phenoxy) is 1. The van der Waals surface area contributed by atoms with Gasteiger partial charge in [-0.15, -0.1) is 0 Å². The molecule has 0 radical (unpaired) electrons. The number of benzene rings is 2. The molecule has 0 bridgehead atoms. The van der Waals surface area contributed by atoms with Gasteiger partial charge in [0.2, 0.25) is 6.10 Å². The normalized spacial score (nSPS) is 13.1. The van der Waals surface area contributed by atoms with Crippen molar-refractivity contribution in [3.63, 3.8) is 0 Å². The molecule has 0 aliphatic heterocycles. The largest absolute Gasteiger partial charge is 0.476 e. The first-order valence-electron chi connectivity index (χ1n) is 7.88. The Morgan fingerprint density at radius 3 is 2.30 bits per heavy atom. The van der Waals surface area contributed by atoms with E-state index < -0.39 is 6.10 Å². The van der Waals surface area contributed by atoms with Crippen molar-refractivity contribution < 1.29 is 14.6 Å². The van der Waals surface area contributed by atoms with Gasteiger partial charge in [-0.2, -0.15) is 0 Å². The fraction of sp³-hybridized carbons (Fsp3) is 0.316. The van der Waals surface area contributed by atoms with Crippen molar-refractivity contribution in [1.82, 2.24) is 5.32 Å². The van der Waals surface area contributed by atoms with E-state index in [1.54, 1.807) is 0 Å². The summed E-state index contributed by atoms with van der Waals surface area (Å²) in [6.07, 6.45) is 0.696. The molecule has 2 atom stereocenters. The van der Waals surface area contributed by atoms with E-state index in [4.69, 9.17) is 9.84 Å². The monoisotopic (exact) mass is 313 g/mol. The zero-order valence-corrected chi connectivity index (χ0v) is 13.3. The molecule has 0 aliphatic rings. The molecular weight excluding hydrogens is 290 g/mol. The molecule has 0 fully saturated rings. The van der Waals surface area contributed by atoms with Crippen LogP contribution in [0.5, 0.6) is 5.75 Å². The zero-order valence-electron chi connectivity index (χ0n) is 13.3. The molecular formula is C19H23NO3. The van der Waals surface area contributed by atoms with Crippen LogP contribution >= 0.6 is 0 Å². The standard InChI is InChI=1S/C19H23NO3/c1-15(9-8-14-21)20-19(22)18(16-10-4-2-5-11-16)23-17-12-6-3-7-13-17/h2-7,10-13,15,18,21H,8-9,14H2,1H3,(H,20,22). The average molecular weight is 313 g/mol. The minimum Gasteiger partial charge on any atom is -0.476 e. The van der Waals surface area contributed by atoms with Crippen LogP contribution in [0, 0.1) is 0 Å². The van der Waals surface area contributed by atoms with Crippen LogP contribution in [0.1, 0.15) is 31.4 Å². The molecule has 2 rings (SSSR count). The van der Waals surface area contributed by atoms with Gasteiger partial charge in [0, 0.05) is 18.2 Å². The van der Waals surface area contributed by atoms with Crippen molar-refractivity contribution >= 4 is 5.91 Å². The SMILES string of the molecule is CC(CCCO)NC(=O)C(Oc1ccccc1)c1ccccc1. The summed E-state index contributed by atoms with van der Waals surface area (Å²) in [5.74, 6) is 0.477. The third kappa shape index (κ3) is 5.42. The van der Waals surface area contributed by atoms with Crippen LogP contribution in [0.2, 0.25) is 0 Å². The number of aliphatic hydroxyl groups is 1. The third-order valence-corrected chi connectivity index (χ3v) is 3.52. The van der Waals surface area contributed by atoms with E-state index in [2.05, 4.69) is 5.32 Å². The number of nitrogens with one attached hydrogen (secondary N) is 1. The van der Waals surface area contributed by atoms with Crippen LogP contribution in [-0.4, -0.2) is 23.7 Å². The second kappa shape index (κ2) is 8.96. The molecule has 0 aliphatic carbocycles. The minimum atomic E-state index is -0.699. The molecule has 0 saturated carbocycles. The van der Waals surface area contributed by atoms with Gasteiger partial charge in [-0.3, -0.25) is 4.79 Å². The quantitative estimate of drug-likeness (QED) is 0.787. The first-order chi connectivity index (χ1) is 11.2. The molecule has 0 spiro atoms. The smallest absolute Gasteiger partial charge is 0.266 e. The first-order valence-corrected chi connectivity index (χ1v) is 7.88. The van der Waals surface area contributed by atoms with Gasteiger partial charge in [0.05, 0.1) is 0 Å². The van der Waals surface area contributed by atoms with E-state index in [9.17, 15) is 4.79 Å². The van der Waals surface area contributed by atoms with Gasteiger partial charge in [-0.1, -0.05) is 48.5 Å². The molecule has 2 aromatic rings. The highest BCUT2D eigenvalue weighted by Gasteiger charge is 2.23. The van der Waals surface area contributed by atoms with Crippen molar-refractivity contribution in [2.75, 3.05) is 6.61 Å². The summed E-state index contributed by atoms with van der Waals surface area (Å²) >= 11 is 0. The number of carbonyl (C=O) groups is 1. The summed E-state index contributed by atoms with van der Waals surface area (Å²) in [5, 5.41) is 11.9. The van der Waals surface area contributed by atoms with E-state index in [-0.39, 0.29) is 18.6 Å². The van der Waals surface area contributed by atoms with Crippen molar-refractivity contribution in [2.24, 2.45) is 0 Å². The van der Waals surface area contributed by atoms with Gasteiger partial charge in [-0.25, -0.2) is 0 Å². The van der Waals surface area contributed by atoms with E-state index in [1.807, 2.05) is 67.6 Å². The second-order valence-electron chi connectivity index (χ2n) is 5.50. The molecule has 4 nitrogen and oxygen atoms in total. The zero-order chi connectivity index (χ0) is 16.5. The molecule has 23 heavy (non-hydrogen) atoms. The molecule has 4 heteroatoms. The summed E-state index contributed by atoms with van der Waals surface area (Å²) < 4.78 is 5.91. The molecule has 2 aromatic carbocycles. The number of para-hydroxylation sites is 1. The topological polar surface area (TPSA) is 58.6 Å². The van der Waals surface area contributed by atoms with Gasteiger partial charge < -0.3 is 15.2 Å². The van der Waals surface area contributed by atoms with Crippen molar-refractivity contribution in [3.05, 3.63) is 66.2 Å². The van der Waals surface area contributed by atoms with Crippen LogP contribution < -0.4 is 10.1 Å². The molecule has 0 saturated heterocycles. The third-order valence-electron chi connectivity index (χ3n) is 3.52. The Morgan fingerprint density at radius 1 is 1.09 bits per heavy atom. The Bertz CT molecular complexity index is 586. The van der Waals surface area contributed by atoms with Gasteiger partial charge in [0.1, 0.15) is 5.75 Å². The second-order valence-corrected chi connectivity index (χ2v) is 5.50. The van der Waals surface area contributed by atoms with Crippen LogP contribution in [0.15, 0.2) is 60.7 Å². The fourth-order valence-corrected chi connectivity index (χ4v) is 2.32. The minimum absolute atomic E-state index is 0.0137. The highest BCUT2D eigenvalue weighted by Crippen LogP contribution is 2.22. The summed E-state index contributed by atoms with van der Waals surface area (Å²) in [6, 6.07) is 18.7. The Labute approximate surface area is 137 Å². The molecule has 2 unspecified atom stereocenters. The number of rotatable bonds is 8. The highest BCUT2D eigenvalue weighted by molar-refractivity contribution is 5.82. The summed E-state index contributed by atoms with van der Waals surface area (Å²) in [7, 11) is 0. The number of hydrogen-bond acceptors (Lipinski definition) is 3. The number of carbonyl (C=O) groups excluding carboxylic acids is 1. The Kier molecular flexibility index (Phi) is 6.63. The predicted octanol–water partition coefficient (Wildman–Crippen LogP) is 3.08. The summed E-state index contributed by atoms with van der Waals surface area (Å²) in [6.45, 7) is 2.06. The predicted molar refractivity (Wildman–Crippen MR) is 90.2 cm³/mol. The van der Waals surface area contributed by atoms with Crippen LogP contribution in [-0.2, 0) is 4.79 Å². The Balaban J connectivity index is 2.11. The van der Waals surface area contributed by atoms with Crippen LogP contribution in [0.3, 0.4) is 0 Å². The van der Waals surface area contributed by atoms with Crippen molar-refractivity contribution in [3.8, 4) is 5.75 Å². The van der Waals surface area contributed by atoms with Gasteiger partial charge in [0.25, 0.3) is 5.91 Å². The first kappa shape index (κ1) is 17.0. The van der Waals surface area contributed by atoms with Crippen molar-refractivity contribution in [2.45, 2.75) is 31.9 Å². The number of amides is 1. The van der Waals surface area contributed by atoms with E-state index in [0.29, 0.717) is 12.2 Å². The van der Waals surface area contributed by atoms with Gasteiger partial charge in [0.15, 0.2) is 0 Å². The van der Waals surface area contributed by atoms with E-state index in [0.717, 1.165) is 12.0 Å². The molecule has 1 amide bonds. The lowest BCUT2D eigenvalue weighted by atomic mass is 10.1. The Morgan fingerprint density at radius 2 is 1.70 bits per heavy atom. The van der Waals surface area contributed by atoms with Crippen LogP contribution in [0.25, 0.3) is 0 Å². The molecule has 0 heterocycles. The maximum atomic E-state index is 12.6. The molecule has 2 N–H and O–H groups in total. The van der Waals surface area contributed by atoms with Gasteiger partial charge >= 0.3 is 0 Å². The fourth-order valence-electron chi connectivity index (χ4n) is 2.32. The maximum Gasteiger partial charge on any atom is 0.266 e. The van der Waals surface area contributed by atoms with E-state index in [1.165, 1.54) is 0 Å². The van der Waals surface area contributed by atoms with Crippen LogP contribution in [0.4, 0.5) is 0 Å². The maximum absolute atomic E-state index is 12.6. The number of hydrogen-bond donors (Lipinski definition) is 2.